The Morgan fingerprint density at radius 3 is 2.36 bits per heavy atom. The number of benzene rings is 2. The van der Waals surface area contributed by atoms with E-state index in [1.54, 1.807) is 12.1 Å². The van der Waals surface area contributed by atoms with Crippen molar-refractivity contribution in [1.29, 1.82) is 0 Å². The van der Waals surface area contributed by atoms with E-state index in [1.165, 1.54) is 12.1 Å². The predicted octanol–water partition coefficient (Wildman–Crippen LogP) is 4.36. The van der Waals surface area contributed by atoms with Crippen LogP contribution in [0.5, 0.6) is 0 Å². The van der Waals surface area contributed by atoms with Crippen LogP contribution in [0.25, 0.3) is 0 Å². The van der Waals surface area contributed by atoms with Crippen LogP contribution >= 0.6 is 15.9 Å². The van der Waals surface area contributed by atoms with Crippen molar-refractivity contribution in [2.24, 2.45) is 0 Å². The molecule has 0 saturated carbocycles. The average molecular weight is 458 g/mol. The van der Waals surface area contributed by atoms with Crippen LogP contribution in [0.4, 0.5) is 30.2 Å². The summed E-state index contributed by atoms with van der Waals surface area (Å²) in [4.78, 5) is 14.3. The van der Waals surface area contributed by atoms with E-state index in [-0.39, 0.29) is 22.6 Å². The first-order chi connectivity index (χ1) is 13.3. The Balaban J connectivity index is 1.54. The van der Waals surface area contributed by atoms with Crippen LogP contribution in [0.3, 0.4) is 0 Å². The van der Waals surface area contributed by atoms with Crippen molar-refractivity contribution in [2.75, 3.05) is 48.4 Å². The van der Waals surface area contributed by atoms with E-state index < -0.39 is 11.7 Å². The van der Waals surface area contributed by atoms with Crippen molar-refractivity contribution in [1.82, 2.24) is 0 Å². The number of halogens is 4. The Kier molecular flexibility index (Phi) is 6.46. The third-order valence-corrected chi connectivity index (χ3v) is 4.94. The van der Waals surface area contributed by atoms with Gasteiger partial charge in [-0.1, -0.05) is 15.9 Å². The molecule has 1 fully saturated rings. The molecule has 5 nitrogen and oxygen atoms in total. The van der Waals surface area contributed by atoms with Gasteiger partial charge in [0.25, 0.3) is 0 Å². The Bertz CT molecular complexity index is 822. The molecule has 150 valence electrons. The first-order valence-electron chi connectivity index (χ1n) is 8.66. The van der Waals surface area contributed by atoms with E-state index in [0.29, 0.717) is 18.9 Å². The van der Waals surface area contributed by atoms with Crippen molar-refractivity contribution in [3.05, 3.63) is 52.5 Å². The van der Waals surface area contributed by atoms with Gasteiger partial charge in [-0.3, -0.25) is 4.79 Å². The Morgan fingerprint density at radius 2 is 1.71 bits per heavy atom. The fourth-order valence-corrected chi connectivity index (χ4v) is 3.29. The van der Waals surface area contributed by atoms with Crippen LogP contribution < -0.4 is 15.5 Å². The fourth-order valence-electron chi connectivity index (χ4n) is 2.82. The molecule has 1 amide bonds. The summed E-state index contributed by atoms with van der Waals surface area (Å²) in [5.74, 6) is -0.351. The number of hydrogen-bond acceptors (Lipinski definition) is 4. The van der Waals surface area contributed by atoms with Crippen LogP contribution in [0.1, 0.15) is 5.56 Å². The lowest BCUT2D eigenvalue weighted by Gasteiger charge is -2.28. The van der Waals surface area contributed by atoms with E-state index in [2.05, 4.69) is 31.5 Å². The first-order valence-corrected chi connectivity index (χ1v) is 9.45. The van der Waals surface area contributed by atoms with Crippen molar-refractivity contribution >= 4 is 38.9 Å². The zero-order chi connectivity index (χ0) is 20.1. The summed E-state index contributed by atoms with van der Waals surface area (Å²) in [5, 5.41) is 5.43. The van der Waals surface area contributed by atoms with Gasteiger partial charge >= 0.3 is 6.18 Å². The molecule has 2 aromatic rings. The van der Waals surface area contributed by atoms with Gasteiger partial charge in [0.05, 0.1) is 25.3 Å². The number of alkyl halides is 3. The molecule has 1 aliphatic rings. The molecular weight excluding hydrogens is 439 g/mol. The topological polar surface area (TPSA) is 53.6 Å². The summed E-state index contributed by atoms with van der Waals surface area (Å²) in [6.07, 6.45) is -4.47. The molecule has 2 N–H and O–H groups in total. The molecule has 0 spiro atoms. The molecule has 1 aliphatic heterocycles. The monoisotopic (exact) mass is 457 g/mol. The lowest BCUT2D eigenvalue weighted by Crippen LogP contribution is -2.36. The van der Waals surface area contributed by atoms with Crippen LogP contribution in [-0.4, -0.2) is 38.8 Å². The summed E-state index contributed by atoms with van der Waals surface area (Å²) in [6, 6.07) is 11.2. The number of anilines is 3. The van der Waals surface area contributed by atoms with Crippen molar-refractivity contribution in [3.63, 3.8) is 0 Å². The molecule has 1 saturated heterocycles. The van der Waals surface area contributed by atoms with Gasteiger partial charge in [0, 0.05) is 34.6 Å². The highest BCUT2D eigenvalue weighted by Gasteiger charge is 2.33. The van der Waals surface area contributed by atoms with Crippen molar-refractivity contribution in [3.8, 4) is 0 Å². The minimum absolute atomic E-state index is 0.0460. The maximum absolute atomic E-state index is 12.9. The zero-order valence-corrected chi connectivity index (χ0v) is 16.4. The molecule has 0 radical (unpaired) electrons. The summed E-state index contributed by atoms with van der Waals surface area (Å²) < 4.78 is 44.1. The van der Waals surface area contributed by atoms with E-state index in [1.807, 2.05) is 12.1 Å². The molecule has 3 rings (SSSR count). The van der Waals surface area contributed by atoms with Crippen LogP contribution in [0.2, 0.25) is 0 Å². The highest BCUT2D eigenvalue weighted by Crippen LogP contribution is 2.36. The van der Waals surface area contributed by atoms with Gasteiger partial charge in [0.15, 0.2) is 0 Å². The van der Waals surface area contributed by atoms with Crippen molar-refractivity contribution in [2.45, 2.75) is 6.18 Å². The summed E-state index contributed by atoms with van der Waals surface area (Å²) in [5.41, 5.74) is 1.09. The number of carbonyl (C=O) groups excluding carboxylic acids is 1. The molecule has 0 atom stereocenters. The van der Waals surface area contributed by atoms with Gasteiger partial charge in [-0.25, -0.2) is 0 Å². The number of morpholine rings is 1. The molecular formula is C19H19BrF3N3O2. The SMILES string of the molecule is O=C(CNc1ccc(Br)c(C(F)(F)F)c1)Nc1ccc(N2CCOCC2)cc1. The number of ether oxygens (including phenoxy) is 1. The van der Waals surface area contributed by atoms with Gasteiger partial charge in [-0.05, 0) is 42.5 Å². The largest absolute Gasteiger partial charge is 0.417 e. The molecule has 2 aromatic carbocycles. The summed E-state index contributed by atoms with van der Waals surface area (Å²) in [7, 11) is 0. The van der Waals surface area contributed by atoms with E-state index in [9.17, 15) is 18.0 Å². The van der Waals surface area contributed by atoms with Crippen LogP contribution in [0, 0.1) is 0 Å². The number of nitrogens with one attached hydrogen (secondary N) is 2. The second-order valence-electron chi connectivity index (χ2n) is 6.24. The molecule has 28 heavy (non-hydrogen) atoms. The predicted molar refractivity (Wildman–Crippen MR) is 106 cm³/mol. The smallest absolute Gasteiger partial charge is 0.378 e. The number of nitrogens with zero attached hydrogens (tertiary/aromatic N) is 1. The standard InChI is InChI=1S/C19H19BrF3N3O2/c20-17-6-3-14(11-16(17)19(21,22)23)24-12-18(27)25-13-1-4-15(5-2-13)26-7-9-28-10-8-26/h1-6,11,24H,7-10,12H2,(H,25,27). The first kappa shape index (κ1) is 20.5. The third-order valence-electron chi connectivity index (χ3n) is 4.25. The highest BCUT2D eigenvalue weighted by molar-refractivity contribution is 9.10. The normalized spacial score (nSPS) is 14.6. The second-order valence-corrected chi connectivity index (χ2v) is 7.09. The zero-order valence-electron chi connectivity index (χ0n) is 14.9. The Morgan fingerprint density at radius 1 is 1.07 bits per heavy atom. The van der Waals surface area contributed by atoms with E-state index in [0.717, 1.165) is 24.8 Å². The fraction of sp³-hybridized carbons (Fsp3) is 0.316. The van der Waals surface area contributed by atoms with Gasteiger partial charge in [0.2, 0.25) is 5.91 Å². The Labute approximate surface area is 169 Å². The number of carbonyl (C=O) groups is 1. The lowest BCUT2D eigenvalue weighted by molar-refractivity contribution is -0.138. The number of hydrogen-bond donors (Lipinski definition) is 2. The van der Waals surface area contributed by atoms with Crippen LogP contribution in [-0.2, 0) is 15.7 Å². The minimum Gasteiger partial charge on any atom is -0.378 e. The van der Waals surface area contributed by atoms with E-state index in [4.69, 9.17) is 4.74 Å². The van der Waals surface area contributed by atoms with Crippen molar-refractivity contribution < 1.29 is 22.7 Å². The van der Waals surface area contributed by atoms with E-state index >= 15 is 0 Å². The number of rotatable bonds is 5. The lowest BCUT2D eigenvalue weighted by atomic mass is 10.2. The number of amides is 1. The van der Waals surface area contributed by atoms with Crippen LogP contribution in [0.15, 0.2) is 46.9 Å². The molecule has 0 bridgehead atoms. The quantitative estimate of drug-likeness (QED) is 0.700. The maximum Gasteiger partial charge on any atom is 0.417 e. The summed E-state index contributed by atoms with van der Waals surface area (Å²) in [6.45, 7) is 2.88. The second kappa shape index (κ2) is 8.83. The van der Waals surface area contributed by atoms with Gasteiger partial charge in [0.1, 0.15) is 0 Å². The minimum atomic E-state index is -4.47. The molecule has 0 unspecified atom stereocenters. The molecule has 0 aromatic heterocycles. The highest BCUT2D eigenvalue weighted by atomic mass is 79.9. The summed E-state index contributed by atoms with van der Waals surface area (Å²) >= 11 is 2.89. The Hall–Kier alpha value is -2.26. The average Bonchev–Trinajstić information content (AvgIpc) is 2.68. The molecule has 1 heterocycles. The molecule has 9 heteroatoms. The molecule has 0 aliphatic carbocycles. The van der Waals surface area contributed by atoms with Gasteiger partial charge in [-0.2, -0.15) is 13.2 Å². The van der Waals surface area contributed by atoms with Gasteiger partial charge < -0.3 is 20.3 Å². The maximum atomic E-state index is 12.9. The van der Waals surface area contributed by atoms with Gasteiger partial charge in [-0.15, -0.1) is 0 Å². The third kappa shape index (κ3) is 5.39.